The van der Waals surface area contributed by atoms with E-state index in [1.54, 1.807) is 0 Å². The highest BCUT2D eigenvalue weighted by atomic mass is 32.1. The highest BCUT2D eigenvalue weighted by Gasteiger charge is 2.45. The molecule has 94 valence electrons. The fourth-order valence-electron chi connectivity index (χ4n) is 2.58. The van der Waals surface area contributed by atoms with Gasteiger partial charge in [0.2, 0.25) is 0 Å². The molecule has 0 bridgehead atoms. The monoisotopic (exact) mass is 251 g/mol. The molecule has 3 rings (SSSR count). The smallest absolute Gasteiger partial charge is 0.142 e. The second kappa shape index (κ2) is 3.87. The zero-order valence-electron chi connectivity index (χ0n) is 10.6. The van der Waals surface area contributed by atoms with Crippen LogP contribution in [0, 0.1) is 11.3 Å². The van der Waals surface area contributed by atoms with E-state index in [1.807, 2.05) is 0 Å². The topological polar surface area (TPSA) is 50.9 Å². The molecule has 2 aliphatic rings. The standard InChI is InChI=1S/C13H21N3S/c1-8(2)13(5-6-13)7-15-12-10(9-3-4-9)11(14)16-17-12/h8-9,15H,3-7H2,1-2H3,(H2,14,16). The van der Waals surface area contributed by atoms with Crippen molar-refractivity contribution < 1.29 is 0 Å². The van der Waals surface area contributed by atoms with Crippen molar-refractivity contribution in [3.8, 4) is 0 Å². The van der Waals surface area contributed by atoms with Crippen molar-refractivity contribution >= 4 is 22.4 Å². The van der Waals surface area contributed by atoms with Crippen LogP contribution in [0.1, 0.15) is 51.0 Å². The summed E-state index contributed by atoms with van der Waals surface area (Å²) < 4.78 is 4.30. The van der Waals surface area contributed by atoms with Gasteiger partial charge in [-0.3, -0.25) is 0 Å². The largest absolute Gasteiger partial charge is 0.383 e. The van der Waals surface area contributed by atoms with E-state index in [1.165, 1.54) is 47.8 Å². The molecule has 1 aromatic heterocycles. The molecule has 0 amide bonds. The summed E-state index contributed by atoms with van der Waals surface area (Å²) in [5.74, 6) is 2.21. The van der Waals surface area contributed by atoms with Gasteiger partial charge in [-0.15, -0.1) is 0 Å². The molecule has 1 aromatic rings. The molecule has 17 heavy (non-hydrogen) atoms. The molecule has 4 heteroatoms. The minimum Gasteiger partial charge on any atom is -0.383 e. The maximum Gasteiger partial charge on any atom is 0.142 e. The molecule has 3 N–H and O–H groups in total. The third-order valence-corrected chi connectivity index (χ3v) is 5.29. The Labute approximate surface area is 107 Å². The number of nitrogens with one attached hydrogen (secondary N) is 1. The van der Waals surface area contributed by atoms with E-state index < -0.39 is 0 Å². The van der Waals surface area contributed by atoms with Crippen LogP contribution in [0.25, 0.3) is 0 Å². The van der Waals surface area contributed by atoms with Crippen molar-refractivity contribution in [2.24, 2.45) is 11.3 Å². The molecule has 1 heterocycles. The molecule has 3 nitrogen and oxygen atoms in total. The third-order valence-electron chi connectivity index (χ3n) is 4.46. The summed E-state index contributed by atoms with van der Waals surface area (Å²) in [6.07, 6.45) is 5.30. The van der Waals surface area contributed by atoms with Crippen LogP contribution in [-0.4, -0.2) is 10.9 Å². The summed E-state index contributed by atoms with van der Waals surface area (Å²) in [4.78, 5) is 0. The molecule has 0 saturated heterocycles. The molecule has 0 spiro atoms. The number of anilines is 2. The lowest BCUT2D eigenvalue weighted by molar-refractivity contribution is 0.380. The van der Waals surface area contributed by atoms with Gasteiger partial charge in [0, 0.05) is 12.1 Å². The van der Waals surface area contributed by atoms with Crippen LogP contribution in [0.4, 0.5) is 10.8 Å². The highest BCUT2D eigenvalue weighted by Crippen LogP contribution is 2.53. The average Bonchev–Trinajstić information content (AvgIpc) is 3.18. The zero-order valence-corrected chi connectivity index (χ0v) is 11.4. The number of hydrogen-bond donors (Lipinski definition) is 2. The van der Waals surface area contributed by atoms with Gasteiger partial charge in [0.25, 0.3) is 0 Å². The van der Waals surface area contributed by atoms with E-state index in [-0.39, 0.29) is 0 Å². The van der Waals surface area contributed by atoms with Crippen LogP contribution in [-0.2, 0) is 0 Å². The van der Waals surface area contributed by atoms with Gasteiger partial charge in [0.05, 0.1) is 0 Å². The van der Waals surface area contributed by atoms with Gasteiger partial charge in [0.15, 0.2) is 0 Å². The lowest BCUT2D eigenvalue weighted by Crippen LogP contribution is -2.20. The maximum absolute atomic E-state index is 5.96. The van der Waals surface area contributed by atoms with Crippen LogP contribution in [0.2, 0.25) is 0 Å². The highest BCUT2D eigenvalue weighted by molar-refractivity contribution is 7.10. The molecule has 2 fully saturated rings. The third kappa shape index (κ3) is 2.03. The van der Waals surface area contributed by atoms with E-state index in [9.17, 15) is 0 Å². The van der Waals surface area contributed by atoms with Crippen molar-refractivity contribution in [3.05, 3.63) is 5.56 Å². The first kappa shape index (κ1) is 11.3. The Morgan fingerprint density at radius 2 is 2.18 bits per heavy atom. The van der Waals surface area contributed by atoms with Crippen molar-refractivity contribution in [2.75, 3.05) is 17.6 Å². The first-order valence-electron chi connectivity index (χ1n) is 6.61. The maximum atomic E-state index is 5.96. The summed E-state index contributed by atoms with van der Waals surface area (Å²) >= 11 is 1.54. The molecular formula is C13H21N3S. The number of rotatable bonds is 5. The van der Waals surface area contributed by atoms with E-state index in [4.69, 9.17) is 5.73 Å². The molecule has 0 atom stereocenters. The molecule has 0 unspecified atom stereocenters. The van der Waals surface area contributed by atoms with Gasteiger partial charge in [-0.25, -0.2) is 0 Å². The molecule has 0 radical (unpaired) electrons. The molecule has 0 aromatic carbocycles. The van der Waals surface area contributed by atoms with E-state index >= 15 is 0 Å². The first-order valence-corrected chi connectivity index (χ1v) is 7.39. The van der Waals surface area contributed by atoms with Gasteiger partial charge >= 0.3 is 0 Å². The van der Waals surface area contributed by atoms with Gasteiger partial charge in [-0.1, -0.05) is 13.8 Å². The Bertz CT molecular complexity index is 416. The fraction of sp³-hybridized carbons (Fsp3) is 0.769. The predicted octanol–water partition coefficient (Wildman–Crippen LogP) is 3.45. The van der Waals surface area contributed by atoms with Crippen molar-refractivity contribution in [1.82, 2.24) is 4.37 Å². The Morgan fingerprint density at radius 3 is 2.71 bits per heavy atom. The SMILES string of the molecule is CC(C)C1(CNc2snc(N)c2C2CC2)CC1. The fourth-order valence-corrected chi connectivity index (χ4v) is 3.37. The second-order valence-corrected chi connectivity index (χ2v) is 6.73. The lowest BCUT2D eigenvalue weighted by atomic mass is 9.92. The summed E-state index contributed by atoms with van der Waals surface area (Å²) in [5, 5.41) is 4.85. The van der Waals surface area contributed by atoms with Crippen LogP contribution < -0.4 is 11.1 Å². The molecule has 2 saturated carbocycles. The predicted molar refractivity (Wildman–Crippen MR) is 73.5 cm³/mol. The number of aromatic nitrogens is 1. The van der Waals surface area contributed by atoms with Gasteiger partial charge in [0.1, 0.15) is 10.8 Å². The zero-order chi connectivity index (χ0) is 12.0. The first-order chi connectivity index (χ1) is 8.12. The van der Waals surface area contributed by atoms with E-state index in [2.05, 4.69) is 23.5 Å². The van der Waals surface area contributed by atoms with Crippen molar-refractivity contribution in [1.29, 1.82) is 0 Å². The molecule has 0 aliphatic heterocycles. The summed E-state index contributed by atoms with van der Waals surface area (Å²) in [6.45, 7) is 5.75. The number of nitrogens with two attached hydrogens (primary N) is 1. The van der Waals surface area contributed by atoms with Crippen LogP contribution in [0.3, 0.4) is 0 Å². The lowest BCUT2D eigenvalue weighted by Gasteiger charge is -2.20. The van der Waals surface area contributed by atoms with Crippen molar-refractivity contribution in [2.45, 2.75) is 45.4 Å². The van der Waals surface area contributed by atoms with Crippen LogP contribution >= 0.6 is 11.5 Å². The number of hydrogen-bond acceptors (Lipinski definition) is 4. The Morgan fingerprint density at radius 1 is 1.47 bits per heavy atom. The minimum absolute atomic E-state index is 0.541. The van der Waals surface area contributed by atoms with Crippen LogP contribution in [0.5, 0.6) is 0 Å². The van der Waals surface area contributed by atoms with E-state index in [0.29, 0.717) is 11.3 Å². The van der Waals surface area contributed by atoms with Gasteiger partial charge in [-0.05, 0) is 54.5 Å². The minimum atomic E-state index is 0.541. The normalized spacial score (nSPS) is 21.8. The molecular weight excluding hydrogens is 230 g/mol. The Balaban J connectivity index is 1.69. The quantitative estimate of drug-likeness (QED) is 0.842. The summed E-state index contributed by atoms with van der Waals surface area (Å²) in [6, 6.07) is 0. The Kier molecular flexibility index (Phi) is 2.58. The van der Waals surface area contributed by atoms with Gasteiger partial charge < -0.3 is 11.1 Å². The average molecular weight is 251 g/mol. The van der Waals surface area contributed by atoms with Crippen LogP contribution in [0.15, 0.2) is 0 Å². The Hall–Kier alpha value is -0.770. The van der Waals surface area contributed by atoms with Gasteiger partial charge in [-0.2, -0.15) is 4.37 Å². The molecule has 2 aliphatic carbocycles. The van der Waals surface area contributed by atoms with E-state index in [0.717, 1.165) is 18.3 Å². The second-order valence-electron chi connectivity index (χ2n) is 5.96. The number of nitrogen functional groups attached to an aromatic ring is 1. The van der Waals surface area contributed by atoms with Crippen molar-refractivity contribution in [3.63, 3.8) is 0 Å². The number of nitrogens with zero attached hydrogens (tertiary/aromatic N) is 1. The summed E-state index contributed by atoms with van der Waals surface area (Å²) in [7, 11) is 0. The summed E-state index contributed by atoms with van der Waals surface area (Å²) in [5.41, 5.74) is 7.80.